The Hall–Kier alpha value is -3.90. The predicted octanol–water partition coefficient (Wildman–Crippen LogP) is 6.57. The van der Waals surface area contributed by atoms with Crippen LogP contribution >= 0.6 is 0 Å². The van der Waals surface area contributed by atoms with Gasteiger partial charge in [0.25, 0.3) is 0 Å². The molecule has 2 fully saturated rings. The van der Waals surface area contributed by atoms with Gasteiger partial charge in [0.05, 0.1) is 12.6 Å². The fraction of sp³-hybridized carbons (Fsp3) is 0.161. The van der Waals surface area contributed by atoms with Gasteiger partial charge in [0.2, 0.25) is 0 Å². The van der Waals surface area contributed by atoms with E-state index in [4.69, 9.17) is 9.47 Å². The summed E-state index contributed by atoms with van der Waals surface area (Å²) in [5.41, 5.74) is 2.49. The van der Waals surface area contributed by atoms with Gasteiger partial charge in [-0.15, -0.1) is 0 Å². The summed E-state index contributed by atoms with van der Waals surface area (Å²) in [5, 5.41) is 26.1. The van der Waals surface area contributed by atoms with Gasteiger partial charge in [-0.1, -0.05) is 91.0 Å². The molecule has 0 spiro atoms. The first-order valence-electron chi connectivity index (χ1n) is 12.2. The van der Waals surface area contributed by atoms with Gasteiger partial charge in [-0.05, 0) is 39.2 Å². The molecule has 178 valence electrons. The van der Waals surface area contributed by atoms with Gasteiger partial charge in [0.1, 0.15) is 30.1 Å². The molecule has 7 rings (SSSR count). The van der Waals surface area contributed by atoms with E-state index in [0.717, 1.165) is 32.7 Å². The monoisotopic (exact) mass is 475 g/mol. The molecular weight excluding hydrogens is 450 g/mol. The molecule has 5 nitrogen and oxygen atoms in total. The van der Waals surface area contributed by atoms with Gasteiger partial charge in [-0.25, -0.2) is 4.90 Å². The molecule has 2 heterocycles. The Morgan fingerprint density at radius 1 is 0.611 bits per heavy atom. The van der Waals surface area contributed by atoms with Crippen molar-refractivity contribution in [1.82, 2.24) is 4.90 Å². The smallest absolute Gasteiger partial charge is 0.144 e. The van der Waals surface area contributed by atoms with E-state index in [0.29, 0.717) is 12.2 Å². The predicted molar refractivity (Wildman–Crippen MR) is 139 cm³/mol. The average molecular weight is 476 g/mol. The second-order valence-corrected chi connectivity index (χ2v) is 9.46. The average Bonchev–Trinajstić information content (AvgIpc) is 3.50. The van der Waals surface area contributed by atoms with Crippen molar-refractivity contribution in [2.45, 2.75) is 24.6 Å². The maximum Gasteiger partial charge on any atom is 0.144 e. The minimum atomic E-state index is -0.572. The van der Waals surface area contributed by atoms with E-state index in [9.17, 15) is 10.2 Å². The van der Waals surface area contributed by atoms with Crippen LogP contribution in [0.2, 0.25) is 0 Å². The number of nitrogens with zero attached hydrogens (tertiary/aromatic N) is 1. The second kappa shape index (κ2) is 8.35. The van der Waals surface area contributed by atoms with E-state index in [-0.39, 0.29) is 23.6 Å². The molecule has 5 heteroatoms. The summed E-state index contributed by atoms with van der Waals surface area (Å²) in [5.74, 6) is 0.363. The quantitative estimate of drug-likeness (QED) is 0.309. The highest BCUT2D eigenvalue weighted by Crippen LogP contribution is 2.55. The van der Waals surface area contributed by atoms with Gasteiger partial charge in [-0.3, -0.25) is 0 Å². The number of ether oxygens (including phenoxy) is 2. The zero-order valence-corrected chi connectivity index (χ0v) is 19.5. The summed E-state index contributed by atoms with van der Waals surface area (Å²) in [4.78, 5) is 2.18. The lowest BCUT2D eigenvalue weighted by Gasteiger charge is -2.30. The lowest BCUT2D eigenvalue weighted by Crippen LogP contribution is -2.31. The number of aromatic hydroxyl groups is 2. The summed E-state index contributed by atoms with van der Waals surface area (Å²) in [7, 11) is 0. The third kappa shape index (κ3) is 3.21. The second-order valence-electron chi connectivity index (χ2n) is 9.46. The van der Waals surface area contributed by atoms with Crippen molar-refractivity contribution in [3.8, 4) is 11.5 Å². The van der Waals surface area contributed by atoms with Crippen molar-refractivity contribution in [2.75, 3.05) is 6.61 Å². The molecule has 4 unspecified atom stereocenters. The minimum absolute atomic E-state index is 0.0980. The maximum atomic E-state index is 11.1. The Balaban J connectivity index is 1.44. The molecule has 0 aliphatic carbocycles. The molecule has 0 saturated carbocycles. The molecule has 2 saturated heterocycles. The molecule has 2 aliphatic rings. The minimum Gasteiger partial charge on any atom is -0.507 e. The lowest BCUT2D eigenvalue weighted by atomic mass is 9.98. The molecule has 4 atom stereocenters. The first-order chi connectivity index (χ1) is 17.7. The van der Waals surface area contributed by atoms with Crippen molar-refractivity contribution in [3.63, 3.8) is 0 Å². The van der Waals surface area contributed by atoms with Crippen LogP contribution in [0, 0.1) is 0 Å². The molecular formula is C31H25NO4. The van der Waals surface area contributed by atoms with Crippen molar-refractivity contribution in [3.05, 3.63) is 120 Å². The number of rotatable bonds is 3. The first kappa shape index (κ1) is 21.4. The summed E-state index contributed by atoms with van der Waals surface area (Å²) in [6.07, 6.45) is -1.37. The summed E-state index contributed by atoms with van der Waals surface area (Å²) >= 11 is 0. The summed E-state index contributed by atoms with van der Waals surface area (Å²) in [6, 6.07) is 33.4. The first-order valence-corrected chi connectivity index (χ1v) is 12.2. The zero-order chi connectivity index (χ0) is 24.2. The van der Waals surface area contributed by atoms with Gasteiger partial charge in [0.15, 0.2) is 0 Å². The van der Waals surface area contributed by atoms with Crippen LogP contribution in [0.1, 0.15) is 35.3 Å². The topological polar surface area (TPSA) is 62.2 Å². The number of phenolic OH excluding ortho intramolecular Hbond substituents is 2. The van der Waals surface area contributed by atoms with Crippen LogP contribution in [0.3, 0.4) is 0 Å². The Morgan fingerprint density at radius 2 is 1.17 bits per heavy atom. The zero-order valence-electron chi connectivity index (χ0n) is 19.5. The standard InChI is InChI=1S/C31H25NO4/c33-25-16-14-19-8-4-6-12-22(19)27(25)30-32-24(18-35-30)29(21-10-2-1-3-11-21)36-31(32)28-23-13-7-5-9-20(23)15-17-26(28)34/h1-17,24,29-31,33-34H,18H2. The van der Waals surface area contributed by atoms with Crippen molar-refractivity contribution >= 4 is 21.5 Å². The van der Waals surface area contributed by atoms with Crippen molar-refractivity contribution in [2.24, 2.45) is 0 Å². The maximum absolute atomic E-state index is 11.1. The molecule has 36 heavy (non-hydrogen) atoms. The number of hydrogen-bond donors (Lipinski definition) is 2. The van der Waals surface area contributed by atoms with Gasteiger partial charge in [0, 0.05) is 11.1 Å². The fourth-order valence-electron chi connectivity index (χ4n) is 5.86. The molecule has 2 aliphatic heterocycles. The molecule has 0 amide bonds. The van der Waals surface area contributed by atoms with Gasteiger partial charge < -0.3 is 19.7 Å². The van der Waals surface area contributed by atoms with E-state index in [1.165, 1.54) is 0 Å². The van der Waals surface area contributed by atoms with Crippen LogP contribution in [0.25, 0.3) is 21.5 Å². The lowest BCUT2D eigenvalue weighted by molar-refractivity contribution is -0.0767. The van der Waals surface area contributed by atoms with Crippen LogP contribution < -0.4 is 0 Å². The van der Waals surface area contributed by atoms with Crippen molar-refractivity contribution < 1.29 is 19.7 Å². The number of phenols is 2. The van der Waals surface area contributed by atoms with Gasteiger partial charge in [-0.2, -0.15) is 0 Å². The SMILES string of the molecule is Oc1ccc2ccccc2c1C1OCC2C(c3ccccc3)OC(c3c(O)ccc4ccccc34)N12. The molecule has 5 aromatic carbocycles. The van der Waals surface area contributed by atoms with E-state index < -0.39 is 12.5 Å². The number of benzene rings is 5. The van der Waals surface area contributed by atoms with Crippen molar-refractivity contribution in [1.29, 1.82) is 0 Å². The van der Waals surface area contributed by atoms with E-state index in [1.54, 1.807) is 12.1 Å². The van der Waals surface area contributed by atoms with Crippen LogP contribution in [0.15, 0.2) is 103 Å². The Labute approximate surface area is 208 Å². The summed E-state index contributed by atoms with van der Waals surface area (Å²) < 4.78 is 13.3. The van der Waals surface area contributed by atoms with E-state index in [1.807, 2.05) is 78.9 Å². The normalized spacial score (nSPS) is 23.9. The van der Waals surface area contributed by atoms with Crippen LogP contribution in [0.4, 0.5) is 0 Å². The fourth-order valence-corrected chi connectivity index (χ4v) is 5.86. The Bertz CT molecular complexity index is 1580. The molecule has 0 aromatic heterocycles. The Morgan fingerprint density at radius 3 is 1.81 bits per heavy atom. The highest BCUT2D eigenvalue weighted by molar-refractivity contribution is 5.89. The highest BCUT2D eigenvalue weighted by atomic mass is 16.6. The third-order valence-corrected chi connectivity index (χ3v) is 7.49. The van der Waals surface area contributed by atoms with E-state index in [2.05, 4.69) is 17.0 Å². The number of fused-ring (bicyclic) bond motifs is 3. The third-order valence-electron chi connectivity index (χ3n) is 7.49. The Kier molecular flexibility index (Phi) is 4.96. The van der Waals surface area contributed by atoms with E-state index >= 15 is 0 Å². The molecule has 5 aromatic rings. The molecule has 0 bridgehead atoms. The van der Waals surface area contributed by atoms with Crippen LogP contribution in [0.5, 0.6) is 11.5 Å². The summed E-state index contributed by atoms with van der Waals surface area (Å²) in [6.45, 7) is 0.439. The largest absolute Gasteiger partial charge is 0.507 e. The highest BCUT2D eigenvalue weighted by Gasteiger charge is 2.53. The van der Waals surface area contributed by atoms with Gasteiger partial charge >= 0.3 is 0 Å². The molecule has 0 radical (unpaired) electrons. The van der Waals surface area contributed by atoms with Crippen LogP contribution in [-0.2, 0) is 9.47 Å². The molecule has 2 N–H and O–H groups in total. The van der Waals surface area contributed by atoms with Crippen LogP contribution in [-0.4, -0.2) is 27.8 Å². The number of hydrogen-bond acceptors (Lipinski definition) is 5.